The van der Waals surface area contributed by atoms with E-state index in [0.29, 0.717) is 41.0 Å². The van der Waals surface area contributed by atoms with Crippen LogP contribution in [0.5, 0.6) is 5.75 Å². The Morgan fingerprint density at radius 1 is 1.23 bits per heavy atom. The molecule has 1 heterocycles. The Kier molecular flexibility index (Phi) is 6.88. The number of hydrogen-bond donors (Lipinski definition) is 1. The normalized spacial score (nSPS) is 23.9. The number of para-hydroxylation sites is 1. The van der Waals surface area contributed by atoms with Crippen molar-refractivity contribution in [3.05, 3.63) is 35.1 Å². The van der Waals surface area contributed by atoms with Gasteiger partial charge in [0.15, 0.2) is 11.0 Å². The van der Waals surface area contributed by atoms with Crippen LogP contribution in [0.3, 0.4) is 0 Å². The predicted molar refractivity (Wildman–Crippen MR) is 119 cm³/mol. The van der Waals surface area contributed by atoms with Crippen molar-refractivity contribution < 1.29 is 9.53 Å². The molecule has 1 aromatic carbocycles. The van der Waals surface area contributed by atoms with Crippen LogP contribution in [-0.2, 0) is 11.4 Å². The summed E-state index contributed by atoms with van der Waals surface area (Å²) in [4.78, 5) is 12.6. The van der Waals surface area contributed by atoms with E-state index in [1.165, 1.54) is 24.6 Å². The number of nitrogens with zero attached hydrogens (tertiary/aromatic N) is 3. The van der Waals surface area contributed by atoms with Crippen molar-refractivity contribution in [1.29, 1.82) is 0 Å². The highest BCUT2D eigenvalue weighted by molar-refractivity contribution is 7.99. The zero-order chi connectivity index (χ0) is 21.1. The van der Waals surface area contributed by atoms with Gasteiger partial charge in [-0.2, -0.15) is 0 Å². The first kappa shape index (κ1) is 21.5. The van der Waals surface area contributed by atoms with E-state index < -0.39 is 0 Å². The largest absolute Gasteiger partial charge is 0.484 e. The van der Waals surface area contributed by atoms with Crippen LogP contribution in [0.15, 0.2) is 29.4 Å². The van der Waals surface area contributed by atoms with E-state index in [-0.39, 0.29) is 11.9 Å². The molecule has 2 aliphatic rings. The molecular formula is C22H29ClN4O2S. The molecule has 2 fully saturated rings. The van der Waals surface area contributed by atoms with Crippen molar-refractivity contribution in [2.75, 3.05) is 5.75 Å². The first-order chi connectivity index (χ1) is 14.5. The molecule has 0 spiro atoms. The highest BCUT2D eigenvalue weighted by Gasteiger charge is 2.31. The molecule has 6 nitrogen and oxygen atoms in total. The summed E-state index contributed by atoms with van der Waals surface area (Å²) in [5.74, 6) is 3.02. The lowest BCUT2D eigenvalue weighted by Gasteiger charge is -2.34. The van der Waals surface area contributed by atoms with Gasteiger partial charge in [-0.3, -0.25) is 9.36 Å². The molecule has 3 atom stereocenters. The smallest absolute Gasteiger partial charge is 0.230 e. The molecule has 2 aromatic rings. The minimum atomic E-state index is 0.0742. The number of carbonyl (C=O) groups excluding carboxylic acids is 1. The Balaban J connectivity index is 1.35. The first-order valence-corrected chi connectivity index (χ1v) is 12.1. The number of rotatable bonds is 8. The zero-order valence-corrected chi connectivity index (χ0v) is 19.1. The van der Waals surface area contributed by atoms with Gasteiger partial charge in [0.05, 0.1) is 10.8 Å². The molecular weight excluding hydrogens is 420 g/mol. The number of amides is 1. The van der Waals surface area contributed by atoms with Gasteiger partial charge in [0, 0.05) is 12.1 Å². The number of hydrogen-bond acceptors (Lipinski definition) is 5. The minimum absolute atomic E-state index is 0.0742. The number of ether oxygens (including phenoxy) is 1. The molecule has 1 aromatic heterocycles. The number of nitrogens with one attached hydrogen (secondary N) is 1. The van der Waals surface area contributed by atoms with Crippen molar-refractivity contribution in [1.82, 2.24) is 20.1 Å². The van der Waals surface area contributed by atoms with Crippen molar-refractivity contribution in [3.63, 3.8) is 0 Å². The van der Waals surface area contributed by atoms with Gasteiger partial charge in [-0.1, -0.05) is 62.2 Å². The van der Waals surface area contributed by atoms with E-state index in [2.05, 4.69) is 33.9 Å². The third-order valence-electron chi connectivity index (χ3n) is 6.23. The fourth-order valence-corrected chi connectivity index (χ4v) is 5.10. The second-order valence-corrected chi connectivity index (χ2v) is 9.80. The van der Waals surface area contributed by atoms with E-state index in [4.69, 9.17) is 16.3 Å². The fourth-order valence-electron chi connectivity index (χ4n) is 4.07. The maximum Gasteiger partial charge on any atom is 0.230 e. The molecule has 0 radical (unpaired) electrons. The second kappa shape index (κ2) is 9.60. The molecule has 1 N–H and O–H groups in total. The van der Waals surface area contributed by atoms with Crippen molar-refractivity contribution in [2.45, 2.75) is 69.8 Å². The Bertz CT molecular complexity index is 886. The van der Waals surface area contributed by atoms with Crippen molar-refractivity contribution >= 4 is 29.3 Å². The van der Waals surface area contributed by atoms with Gasteiger partial charge in [-0.25, -0.2) is 0 Å². The van der Waals surface area contributed by atoms with Crippen LogP contribution >= 0.6 is 23.4 Å². The molecule has 2 aliphatic carbocycles. The van der Waals surface area contributed by atoms with Gasteiger partial charge in [0.1, 0.15) is 12.4 Å². The van der Waals surface area contributed by atoms with E-state index >= 15 is 0 Å². The van der Waals surface area contributed by atoms with E-state index in [1.807, 2.05) is 18.2 Å². The molecule has 8 heteroatoms. The summed E-state index contributed by atoms with van der Waals surface area (Å²) in [6, 6.07) is 8.08. The Morgan fingerprint density at radius 2 is 2.03 bits per heavy atom. The SMILES string of the molecule is CC1CCCC(NC(=O)CSc2nnc(COc3ccccc3Cl)n2C2CC2)C1C. The minimum Gasteiger partial charge on any atom is -0.484 e. The summed E-state index contributed by atoms with van der Waals surface area (Å²) < 4.78 is 7.98. The van der Waals surface area contributed by atoms with Crippen LogP contribution in [0, 0.1) is 11.8 Å². The van der Waals surface area contributed by atoms with Crippen LogP contribution in [0.4, 0.5) is 0 Å². The molecule has 0 saturated heterocycles. The predicted octanol–water partition coefficient (Wildman–Crippen LogP) is 4.88. The van der Waals surface area contributed by atoms with Gasteiger partial charge in [-0.05, 0) is 43.2 Å². The lowest BCUT2D eigenvalue weighted by Crippen LogP contribution is -2.44. The fraction of sp³-hybridized carbons (Fsp3) is 0.591. The summed E-state index contributed by atoms with van der Waals surface area (Å²) >= 11 is 7.63. The number of carbonyl (C=O) groups is 1. The molecule has 2 saturated carbocycles. The molecule has 1 amide bonds. The molecule has 0 bridgehead atoms. The van der Waals surface area contributed by atoms with Crippen LogP contribution in [0.25, 0.3) is 0 Å². The third-order valence-corrected chi connectivity index (χ3v) is 7.48. The molecule has 162 valence electrons. The van der Waals surface area contributed by atoms with Gasteiger partial charge < -0.3 is 10.1 Å². The summed E-state index contributed by atoms with van der Waals surface area (Å²) in [5, 5.41) is 13.3. The lowest BCUT2D eigenvalue weighted by atomic mass is 9.78. The van der Waals surface area contributed by atoms with Crippen LogP contribution in [0.1, 0.15) is 57.8 Å². The zero-order valence-electron chi connectivity index (χ0n) is 17.5. The maximum absolute atomic E-state index is 12.6. The monoisotopic (exact) mass is 448 g/mol. The molecule has 30 heavy (non-hydrogen) atoms. The van der Waals surface area contributed by atoms with E-state index in [9.17, 15) is 4.79 Å². The van der Waals surface area contributed by atoms with Crippen LogP contribution in [-0.4, -0.2) is 32.5 Å². The number of aromatic nitrogens is 3. The van der Waals surface area contributed by atoms with Crippen molar-refractivity contribution in [3.8, 4) is 5.75 Å². The van der Waals surface area contributed by atoms with Crippen LogP contribution in [0.2, 0.25) is 5.02 Å². The standard InChI is InChI=1S/C22H29ClN4O2S/c1-14-6-5-8-18(15(14)2)24-21(28)13-30-22-26-25-20(27(22)16-10-11-16)12-29-19-9-4-3-7-17(19)23/h3-4,7,9,14-16,18H,5-6,8,10-13H2,1-2H3,(H,24,28). The van der Waals surface area contributed by atoms with E-state index in [0.717, 1.165) is 30.2 Å². The summed E-state index contributed by atoms with van der Waals surface area (Å²) in [5.41, 5.74) is 0. The van der Waals surface area contributed by atoms with Gasteiger partial charge >= 0.3 is 0 Å². The second-order valence-electron chi connectivity index (χ2n) is 8.45. The Labute approximate surface area is 187 Å². The molecule has 4 rings (SSSR count). The van der Waals surface area contributed by atoms with Gasteiger partial charge in [0.2, 0.25) is 5.91 Å². The average Bonchev–Trinajstić information content (AvgIpc) is 3.49. The van der Waals surface area contributed by atoms with Gasteiger partial charge in [-0.15, -0.1) is 10.2 Å². The molecule has 0 aliphatic heterocycles. The van der Waals surface area contributed by atoms with Gasteiger partial charge in [0.25, 0.3) is 0 Å². The van der Waals surface area contributed by atoms with E-state index in [1.54, 1.807) is 6.07 Å². The Morgan fingerprint density at radius 3 is 2.80 bits per heavy atom. The van der Waals surface area contributed by atoms with Crippen LogP contribution < -0.4 is 10.1 Å². The number of halogens is 1. The average molecular weight is 449 g/mol. The lowest BCUT2D eigenvalue weighted by molar-refractivity contribution is -0.120. The first-order valence-electron chi connectivity index (χ1n) is 10.8. The van der Waals surface area contributed by atoms with Crippen molar-refractivity contribution in [2.24, 2.45) is 11.8 Å². The highest BCUT2D eigenvalue weighted by atomic mass is 35.5. The summed E-state index contributed by atoms with van der Waals surface area (Å²) in [6.07, 6.45) is 5.73. The molecule has 3 unspecified atom stereocenters. The quantitative estimate of drug-likeness (QED) is 0.583. The number of benzene rings is 1. The summed E-state index contributed by atoms with van der Waals surface area (Å²) in [7, 11) is 0. The number of thioether (sulfide) groups is 1. The summed E-state index contributed by atoms with van der Waals surface area (Å²) in [6.45, 7) is 4.83. The third kappa shape index (κ3) is 5.11. The highest BCUT2D eigenvalue weighted by Crippen LogP contribution is 2.39. The topological polar surface area (TPSA) is 69.0 Å². The Hall–Kier alpha value is -1.73. The maximum atomic E-state index is 12.6.